The van der Waals surface area contributed by atoms with Crippen molar-refractivity contribution in [2.75, 3.05) is 5.32 Å². The third-order valence-electron chi connectivity index (χ3n) is 2.85. The van der Waals surface area contributed by atoms with Crippen molar-refractivity contribution >= 4 is 17.2 Å². The summed E-state index contributed by atoms with van der Waals surface area (Å²) in [5.41, 5.74) is 0.409. The number of nitrogens with one attached hydrogen (secondary N) is 2. The van der Waals surface area contributed by atoms with Crippen LogP contribution in [0.2, 0.25) is 0 Å². The van der Waals surface area contributed by atoms with Crippen LogP contribution in [0.15, 0.2) is 35.4 Å². The monoisotopic (exact) mass is 274 g/mol. The average molecular weight is 274 g/mol. The van der Waals surface area contributed by atoms with Gasteiger partial charge in [0.25, 0.3) is 0 Å². The number of benzene rings is 1. The fraction of sp³-hybridized carbons (Fsp3) is 0.231. The zero-order valence-corrected chi connectivity index (χ0v) is 11.1. The van der Waals surface area contributed by atoms with Crippen molar-refractivity contribution in [1.82, 2.24) is 9.97 Å². The molecule has 0 aliphatic rings. The minimum atomic E-state index is -0.786. The Bertz CT molecular complexity index is 677. The van der Waals surface area contributed by atoms with Crippen LogP contribution in [0.5, 0.6) is 0 Å². The molecule has 0 fully saturated rings. The normalized spacial score (nSPS) is 10.6. The summed E-state index contributed by atoms with van der Waals surface area (Å²) in [6.07, 6.45) is 1.13. The van der Waals surface area contributed by atoms with E-state index in [1.165, 1.54) is 0 Å². The molecule has 0 saturated heterocycles. The Kier molecular flexibility index (Phi) is 3.79. The van der Waals surface area contributed by atoms with Gasteiger partial charge in [-0.05, 0) is 23.6 Å². The summed E-state index contributed by atoms with van der Waals surface area (Å²) in [5, 5.41) is 13.7. The Hall–Kier alpha value is -2.70. The van der Waals surface area contributed by atoms with Crippen LogP contribution in [-0.4, -0.2) is 14.9 Å². The van der Waals surface area contributed by atoms with Crippen molar-refractivity contribution in [2.45, 2.75) is 19.8 Å². The summed E-state index contributed by atoms with van der Waals surface area (Å²) < 4.78 is 0. The highest BCUT2D eigenvalue weighted by Gasteiger charge is 2.20. The van der Waals surface area contributed by atoms with Crippen LogP contribution in [0.4, 0.5) is 17.2 Å². The molecule has 7 heteroatoms. The van der Waals surface area contributed by atoms with E-state index < -0.39 is 16.2 Å². The number of rotatable bonds is 4. The maximum atomic E-state index is 11.4. The summed E-state index contributed by atoms with van der Waals surface area (Å²) >= 11 is 0. The molecule has 2 N–H and O–H groups in total. The second kappa shape index (κ2) is 5.52. The Balaban J connectivity index is 2.33. The molecule has 0 saturated carbocycles. The lowest BCUT2D eigenvalue weighted by Gasteiger charge is -2.08. The Morgan fingerprint density at radius 3 is 2.50 bits per heavy atom. The van der Waals surface area contributed by atoms with Crippen LogP contribution in [0, 0.1) is 10.1 Å². The van der Waals surface area contributed by atoms with Crippen LogP contribution in [-0.2, 0) is 0 Å². The Morgan fingerprint density at radius 1 is 1.30 bits per heavy atom. The van der Waals surface area contributed by atoms with Gasteiger partial charge >= 0.3 is 11.2 Å². The molecule has 7 nitrogen and oxygen atoms in total. The van der Waals surface area contributed by atoms with Gasteiger partial charge in [0.2, 0.25) is 5.82 Å². The van der Waals surface area contributed by atoms with Crippen LogP contribution < -0.4 is 10.9 Å². The lowest BCUT2D eigenvalue weighted by Crippen LogP contribution is -2.14. The molecule has 20 heavy (non-hydrogen) atoms. The highest BCUT2D eigenvalue weighted by Crippen LogP contribution is 2.22. The average Bonchev–Trinajstić information content (AvgIpc) is 2.39. The van der Waals surface area contributed by atoms with E-state index in [9.17, 15) is 14.9 Å². The zero-order valence-electron chi connectivity index (χ0n) is 11.1. The Morgan fingerprint density at radius 2 is 1.95 bits per heavy atom. The molecule has 2 rings (SSSR count). The number of H-pyrrole nitrogens is 1. The van der Waals surface area contributed by atoms with Gasteiger partial charge in [-0.2, -0.15) is 0 Å². The zero-order chi connectivity index (χ0) is 14.7. The van der Waals surface area contributed by atoms with E-state index in [0.29, 0.717) is 11.6 Å². The molecule has 0 aliphatic heterocycles. The number of nitrogens with zero attached hydrogens (tertiary/aromatic N) is 2. The summed E-state index contributed by atoms with van der Waals surface area (Å²) in [5.74, 6) is 0.326. The number of nitro groups is 1. The van der Waals surface area contributed by atoms with Crippen molar-refractivity contribution in [1.29, 1.82) is 0 Å². The maximum absolute atomic E-state index is 11.4. The van der Waals surface area contributed by atoms with Crippen molar-refractivity contribution in [3.63, 3.8) is 0 Å². The number of hydrogen-bond donors (Lipinski definition) is 2. The van der Waals surface area contributed by atoms with Crippen molar-refractivity contribution < 1.29 is 4.92 Å². The van der Waals surface area contributed by atoms with Crippen LogP contribution in [0.25, 0.3) is 0 Å². The van der Waals surface area contributed by atoms with Gasteiger partial charge in [0.1, 0.15) is 0 Å². The van der Waals surface area contributed by atoms with Crippen molar-refractivity contribution in [3.05, 3.63) is 56.6 Å². The Labute approximate surface area is 114 Å². The predicted octanol–water partition coefficient (Wildman–Crippen LogP) is 2.55. The maximum Gasteiger partial charge on any atom is 0.376 e. The molecule has 1 heterocycles. The van der Waals surface area contributed by atoms with Crippen LogP contribution in [0.3, 0.4) is 0 Å². The van der Waals surface area contributed by atoms with E-state index in [2.05, 4.69) is 29.1 Å². The van der Waals surface area contributed by atoms with Crippen LogP contribution in [0.1, 0.15) is 25.3 Å². The number of hydrogen-bond acceptors (Lipinski definition) is 5. The predicted molar refractivity (Wildman–Crippen MR) is 75.3 cm³/mol. The van der Waals surface area contributed by atoms with E-state index in [0.717, 1.165) is 11.9 Å². The van der Waals surface area contributed by atoms with Crippen LogP contribution >= 0.6 is 0 Å². The number of anilines is 2. The largest absolute Gasteiger partial charge is 0.376 e. The van der Waals surface area contributed by atoms with E-state index in [-0.39, 0.29) is 5.82 Å². The second-order valence-electron chi connectivity index (χ2n) is 4.59. The standard InChI is InChI=1S/C13H14N4O3/c1-8(2)9-3-5-10(6-4-9)16-12-11(17(19)20)13(18)15-7-14-12/h3-8H,1-2H3,(H2,14,15,16,18). The smallest absolute Gasteiger partial charge is 0.334 e. The molecular formula is C13H14N4O3. The first-order valence-electron chi connectivity index (χ1n) is 6.08. The molecule has 0 spiro atoms. The molecule has 0 aliphatic carbocycles. The van der Waals surface area contributed by atoms with E-state index >= 15 is 0 Å². The minimum Gasteiger partial charge on any atom is -0.334 e. The molecule has 0 bridgehead atoms. The van der Waals surface area contributed by atoms with Crippen molar-refractivity contribution in [2.24, 2.45) is 0 Å². The SMILES string of the molecule is CC(C)c1ccc(Nc2nc[nH]c(=O)c2[N+](=O)[O-])cc1. The quantitative estimate of drug-likeness (QED) is 0.659. The highest BCUT2D eigenvalue weighted by atomic mass is 16.6. The molecule has 0 amide bonds. The fourth-order valence-corrected chi connectivity index (χ4v) is 1.74. The van der Waals surface area contributed by atoms with E-state index in [4.69, 9.17) is 0 Å². The van der Waals surface area contributed by atoms with Crippen molar-refractivity contribution in [3.8, 4) is 0 Å². The van der Waals surface area contributed by atoms with Gasteiger partial charge in [0.05, 0.1) is 11.3 Å². The lowest BCUT2D eigenvalue weighted by atomic mass is 10.0. The highest BCUT2D eigenvalue weighted by molar-refractivity contribution is 5.64. The first kappa shape index (κ1) is 13.7. The molecule has 104 valence electrons. The molecular weight excluding hydrogens is 260 g/mol. The third-order valence-corrected chi connectivity index (χ3v) is 2.85. The first-order chi connectivity index (χ1) is 9.49. The molecule has 0 atom stereocenters. The number of aromatic nitrogens is 2. The van der Waals surface area contributed by atoms with Gasteiger partial charge in [0.15, 0.2) is 0 Å². The van der Waals surface area contributed by atoms with E-state index in [1.807, 2.05) is 12.1 Å². The minimum absolute atomic E-state index is 0.0731. The summed E-state index contributed by atoms with van der Waals surface area (Å²) in [6, 6.07) is 7.43. The van der Waals surface area contributed by atoms with Gasteiger partial charge in [-0.3, -0.25) is 14.9 Å². The fourth-order valence-electron chi connectivity index (χ4n) is 1.74. The second-order valence-corrected chi connectivity index (χ2v) is 4.59. The first-order valence-corrected chi connectivity index (χ1v) is 6.08. The molecule has 1 aromatic carbocycles. The van der Waals surface area contributed by atoms with Gasteiger partial charge in [-0.15, -0.1) is 0 Å². The van der Waals surface area contributed by atoms with Gasteiger partial charge in [-0.1, -0.05) is 26.0 Å². The van der Waals surface area contributed by atoms with Gasteiger partial charge < -0.3 is 10.3 Å². The van der Waals surface area contributed by atoms with E-state index in [1.54, 1.807) is 12.1 Å². The van der Waals surface area contributed by atoms with Gasteiger partial charge in [-0.25, -0.2) is 4.98 Å². The summed E-state index contributed by atoms with van der Waals surface area (Å²) in [7, 11) is 0. The third kappa shape index (κ3) is 2.82. The van der Waals surface area contributed by atoms with Gasteiger partial charge in [0, 0.05) is 5.69 Å². The molecule has 0 radical (unpaired) electrons. The molecule has 0 unspecified atom stereocenters. The molecule has 1 aromatic heterocycles. The molecule has 2 aromatic rings. The lowest BCUT2D eigenvalue weighted by molar-refractivity contribution is -0.385. The summed E-state index contributed by atoms with van der Waals surface area (Å²) in [6.45, 7) is 4.15. The summed E-state index contributed by atoms with van der Waals surface area (Å²) in [4.78, 5) is 27.6. The number of aromatic amines is 1. The topological polar surface area (TPSA) is 101 Å².